The molecule has 0 N–H and O–H groups in total. The molecule has 0 aliphatic carbocycles. The van der Waals surface area contributed by atoms with Crippen LogP contribution < -0.4 is 0 Å². The summed E-state index contributed by atoms with van der Waals surface area (Å²) >= 11 is 0. The number of rotatable bonds is 4. The van der Waals surface area contributed by atoms with Crippen LogP contribution in [0.15, 0.2) is 41.8 Å². The van der Waals surface area contributed by atoms with Gasteiger partial charge in [-0.2, -0.15) is 0 Å². The Morgan fingerprint density at radius 3 is 2.35 bits per heavy atom. The minimum atomic E-state index is -3.77. The maximum atomic E-state index is 12.7. The number of hydrogen-bond acceptors (Lipinski definition) is 3. The first-order valence-corrected chi connectivity index (χ1v) is 9.50. The number of aryl methyl sites for hydroxylation is 1. The van der Waals surface area contributed by atoms with Crippen LogP contribution in [0.5, 0.6) is 0 Å². The number of benzene rings is 1. The molecule has 1 aromatic rings. The molecule has 1 saturated heterocycles. The van der Waals surface area contributed by atoms with Gasteiger partial charge in [-0.05, 0) is 38.3 Å². The molecule has 4 nitrogen and oxygen atoms in total. The summed E-state index contributed by atoms with van der Waals surface area (Å²) in [4.78, 5) is 12.8. The molecule has 1 fully saturated rings. The maximum absolute atomic E-state index is 12.7. The Kier molecular flexibility index (Phi) is 6.57. The molecule has 2 rings (SSSR count). The van der Waals surface area contributed by atoms with Crippen molar-refractivity contribution in [2.45, 2.75) is 51.9 Å². The number of carbonyl (C=O) groups is 1. The first kappa shape index (κ1) is 19.4. The van der Waals surface area contributed by atoms with Crippen molar-refractivity contribution in [1.29, 1.82) is 0 Å². The third kappa shape index (κ3) is 4.02. The molecule has 0 aromatic heterocycles. The van der Waals surface area contributed by atoms with Crippen molar-refractivity contribution >= 4 is 15.9 Å². The molecular weight excluding hydrogens is 310 g/mol. The van der Waals surface area contributed by atoms with Crippen molar-refractivity contribution in [2.24, 2.45) is 5.41 Å². The Labute approximate surface area is 140 Å². The lowest BCUT2D eigenvalue weighted by Gasteiger charge is -2.38. The van der Waals surface area contributed by atoms with E-state index in [4.69, 9.17) is 0 Å². The van der Waals surface area contributed by atoms with Crippen molar-refractivity contribution in [1.82, 2.24) is 4.31 Å². The molecule has 0 bridgehead atoms. The summed E-state index contributed by atoms with van der Waals surface area (Å²) in [5.74, 6) is -0.325. The van der Waals surface area contributed by atoms with Gasteiger partial charge >= 0.3 is 0 Å². The molecule has 23 heavy (non-hydrogen) atoms. The second kappa shape index (κ2) is 7.77. The number of allylic oxidation sites excluding steroid dienone is 1. The average Bonchev–Trinajstić information content (AvgIpc) is 2.53. The molecule has 5 heteroatoms. The highest BCUT2D eigenvalue weighted by atomic mass is 32.2. The van der Waals surface area contributed by atoms with Crippen molar-refractivity contribution in [3.8, 4) is 0 Å². The van der Waals surface area contributed by atoms with Gasteiger partial charge in [0.05, 0.1) is 10.3 Å². The third-order valence-electron chi connectivity index (χ3n) is 4.04. The predicted molar refractivity (Wildman–Crippen MR) is 93.6 cm³/mol. The van der Waals surface area contributed by atoms with E-state index < -0.39 is 15.4 Å². The number of carbonyl (C=O) groups excluding carboxylic acids is 1. The highest BCUT2D eigenvalue weighted by molar-refractivity contribution is 7.89. The van der Waals surface area contributed by atoms with E-state index in [0.29, 0.717) is 19.3 Å². The molecule has 1 aromatic carbocycles. The zero-order valence-corrected chi connectivity index (χ0v) is 15.3. The van der Waals surface area contributed by atoms with Crippen LogP contribution in [0.25, 0.3) is 0 Å². The van der Waals surface area contributed by atoms with Crippen LogP contribution in [-0.4, -0.2) is 25.2 Å². The lowest BCUT2D eigenvalue weighted by Crippen LogP contribution is -2.49. The molecule has 1 aliphatic rings. The summed E-state index contributed by atoms with van der Waals surface area (Å²) in [5, 5.41) is 0. The zero-order valence-electron chi connectivity index (χ0n) is 14.5. The summed E-state index contributed by atoms with van der Waals surface area (Å²) in [6.07, 6.45) is 3.55. The lowest BCUT2D eigenvalue weighted by atomic mass is 9.79. The van der Waals surface area contributed by atoms with E-state index in [1.807, 2.05) is 27.7 Å². The molecule has 128 valence electrons. The fraction of sp³-hybridized carbons (Fsp3) is 0.500. The van der Waals surface area contributed by atoms with Gasteiger partial charge in [-0.3, -0.25) is 4.79 Å². The van der Waals surface area contributed by atoms with Crippen molar-refractivity contribution in [2.75, 3.05) is 6.54 Å². The van der Waals surface area contributed by atoms with Gasteiger partial charge in [-0.1, -0.05) is 44.5 Å². The molecule has 0 radical (unpaired) electrons. The van der Waals surface area contributed by atoms with Gasteiger partial charge in [0.25, 0.3) is 10.0 Å². The number of sulfonamides is 1. The second-order valence-electron chi connectivity index (χ2n) is 5.85. The highest BCUT2D eigenvalue weighted by Gasteiger charge is 2.43. The molecule has 1 atom stereocenters. The molecule has 1 heterocycles. The minimum Gasteiger partial charge on any atom is -0.273 e. The maximum Gasteiger partial charge on any atom is 0.266 e. The van der Waals surface area contributed by atoms with Crippen molar-refractivity contribution in [3.05, 3.63) is 42.5 Å². The van der Waals surface area contributed by atoms with E-state index in [9.17, 15) is 13.2 Å². The van der Waals surface area contributed by atoms with Crippen molar-refractivity contribution in [3.63, 3.8) is 0 Å². The quantitative estimate of drug-likeness (QED) is 0.783. The molecule has 1 aliphatic heterocycles. The molecule has 0 unspecified atom stereocenters. The standard InChI is InChI=1S/C16H21NO3S.C2H6/c1-4-10-16(3)11-5-12-17(15(16)18)21(19,20)14-8-6-13(2)7-9-14;1-2/h4,6-9H,1,5,10-12H2,2-3H3;1-2H3/t16-;/m1./s1. The highest BCUT2D eigenvalue weighted by Crippen LogP contribution is 2.36. The van der Waals surface area contributed by atoms with Gasteiger partial charge in [0, 0.05) is 6.54 Å². The topological polar surface area (TPSA) is 54.5 Å². The van der Waals surface area contributed by atoms with Gasteiger partial charge in [-0.25, -0.2) is 12.7 Å². The molecule has 0 spiro atoms. The van der Waals surface area contributed by atoms with E-state index in [-0.39, 0.29) is 17.3 Å². The van der Waals surface area contributed by atoms with Gasteiger partial charge < -0.3 is 0 Å². The van der Waals surface area contributed by atoms with Gasteiger partial charge in [0.15, 0.2) is 0 Å². The van der Waals surface area contributed by atoms with Crippen LogP contribution in [0.2, 0.25) is 0 Å². The van der Waals surface area contributed by atoms with E-state index in [1.54, 1.807) is 30.3 Å². The summed E-state index contributed by atoms with van der Waals surface area (Å²) < 4.78 is 26.4. The van der Waals surface area contributed by atoms with Gasteiger partial charge in [0.2, 0.25) is 5.91 Å². The fourth-order valence-corrected chi connectivity index (χ4v) is 4.24. The molecular formula is C18H27NO3S. The summed E-state index contributed by atoms with van der Waals surface area (Å²) in [7, 11) is -3.77. The first-order valence-electron chi connectivity index (χ1n) is 8.06. The molecule has 1 amide bonds. The smallest absolute Gasteiger partial charge is 0.266 e. The minimum absolute atomic E-state index is 0.171. The largest absolute Gasteiger partial charge is 0.273 e. The van der Waals surface area contributed by atoms with Gasteiger partial charge in [0.1, 0.15) is 0 Å². The Morgan fingerprint density at radius 2 is 1.83 bits per heavy atom. The molecule has 0 saturated carbocycles. The Hall–Kier alpha value is -1.62. The van der Waals surface area contributed by atoms with Gasteiger partial charge in [-0.15, -0.1) is 6.58 Å². The Bertz CT molecular complexity index is 649. The summed E-state index contributed by atoms with van der Waals surface area (Å²) in [6, 6.07) is 6.59. The predicted octanol–water partition coefficient (Wildman–Crippen LogP) is 3.91. The fourth-order valence-electron chi connectivity index (χ4n) is 2.70. The number of piperidine rings is 1. The van der Waals surface area contributed by atoms with E-state index >= 15 is 0 Å². The lowest BCUT2D eigenvalue weighted by molar-refractivity contribution is -0.139. The van der Waals surface area contributed by atoms with Crippen LogP contribution >= 0.6 is 0 Å². The third-order valence-corrected chi connectivity index (χ3v) is 5.83. The SMILES string of the molecule is C=CC[C@]1(C)CCCN(S(=O)(=O)c2ccc(C)cc2)C1=O.CC. The van der Waals surface area contributed by atoms with Crippen LogP contribution in [0.4, 0.5) is 0 Å². The van der Waals surface area contributed by atoms with E-state index in [2.05, 4.69) is 6.58 Å². The number of hydrogen-bond donors (Lipinski definition) is 0. The Morgan fingerprint density at radius 1 is 1.26 bits per heavy atom. The number of amides is 1. The van der Waals surface area contributed by atoms with E-state index in [0.717, 1.165) is 9.87 Å². The second-order valence-corrected chi connectivity index (χ2v) is 7.71. The summed E-state index contributed by atoms with van der Waals surface area (Å²) in [6.45, 7) is 11.6. The Balaban J connectivity index is 0.00000127. The van der Waals surface area contributed by atoms with Crippen LogP contribution in [0.1, 0.15) is 45.6 Å². The number of nitrogens with zero attached hydrogens (tertiary/aromatic N) is 1. The zero-order chi connectivity index (χ0) is 17.7. The van der Waals surface area contributed by atoms with Crippen LogP contribution in [0.3, 0.4) is 0 Å². The van der Waals surface area contributed by atoms with E-state index in [1.165, 1.54) is 0 Å². The summed E-state index contributed by atoms with van der Waals surface area (Å²) in [5.41, 5.74) is 0.313. The normalized spacial score (nSPS) is 21.4. The van der Waals surface area contributed by atoms with Crippen LogP contribution in [0, 0.1) is 12.3 Å². The monoisotopic (exact) mass is 337 g/mol. The van der Waals surface area contributed by atoms with Crippen molar-refractivity contribution < 1.29 is 13.2 Å². The first-order chi connectivity index (χ1) is 10.8. The average molecular weight is 337 g/mol. The van der Waals surface area contributed by atoms with Crippen LogP contribution in [-0.2, 0) is 14.8 Å².